The van der Waals surface area contributed by atoms with Gasteiger partial charge in [-0.1, -0.05) is 30.3 Å². The zero-order valence-corrected chi connectivity index (χ0v) is 15.4. The maximum Gasteiger partial charge on any atom is 0.246 e. The molecule has 132 valence electrons. The summed E-state index contributed by atoms with van der Waals surface area (Å²) in [6.45, 7) is 4.39. The average Bonchev–Trinajstić information content (AvgIpc) is 3.19. The number of carbonyl (C=O) groups is 1. The molecular weight excluding hydrogens is 342 g/mol. The SMILES string of the molecule is O=C(/C=C/c1cccc2cccnc12)N1CCN(Cc2cccs2)CC1. The molecule has 1 fully saturated rings. The van der Waals surface area contributed by atoms with Crippen LogP contribution in [0.25, 0.3) is 17.0 Å². The molecule has 0 aliphatic carbocycles. The van der Waals surface area contributed by atoms with E-state index in [1.54, 1.807) is 23.6 Å². The minimum atomic E-state index is 0.0775. The van der Waals surface area contributed by atoms with Crippen molar-refractivity contribution in [3.63, 3.8) is 0 Å². The number of pyridine rings is 1. The van der Waals surface area contributed by atoms with Crippen LogP contribution < -0.4 is 0 Å². The average molecular weight is 363 g/mol. The molecule has 0 atom stereocenters. The van der Waals surface area contributed by atoms with E-state index in [2.05, 4.69) is 27.4 Å². The largest absolute Gasteiger partial charge is 0.337 e. The molecule has 0 unspecified atom stereocenters. The Hall–Kier alpha value is -2.50. The van der Waals surface area contributed by atoms with Crippen LogP contribution in [0.15, 0.2) is 60.1 Å². The van der Waals surface area contributed by atoms with Crippen molar-refractivity contribution in [1.82, 2.24) is 14.8 Å². The number of fused-ring (bicyclic) bond motifs is 1. The van der Waals surface area contributed by atoms with E-state index in [1.165, 1.54) is 4.88 Å². The smallest absolute Gasteiger partial charge is 0.246 e. The Morgan fingerprint density at radius 1 is 1.08 bits per heavy atom. The number of hydrogen-bond donors (Lipinski definition) is 0. The van der Waals surface area contributed by atoms with Gasteiger partial charge in [-0.2, -0.15) is 0 Å². The standard InChI is InChI=1S/C21H21N3OS/c25-20(9-8-18-5-1-4-17-6-2-10-22-21(17)18)24-13-11-23(12-14-24)16-19-7-3-15-26-19/h1-10,15H,11-14,16H2/b9-8+. The van der Waals surface area contributed by atoms with Crippen molar-refractivity contribution in [1.29, 1.82) is 0 Å². The second-order valence-electron chi connectivity index (χ2n) is 6.44. The molecule has 5 heteroatoms. The van der Waals surface area contributed by atoms with Gasteiger partial charge in [0.15, 0.2) is 0 Å². The fraction of sp³-hybridized carbons (Fsp3) is 0.238. The molecule has 26 heavy (non-hydrogen) atoms. The molecule has 4 rings (SSSR count). The van der Waals surface area contributed by atoms with E-state index < -0.39 is 0 Å². The molecule has 1 amide bonds. The second kappa shape index (κ2) is 7.81. The Morgan fingerprint density at radius 2 is 1.92 bits per heavy atom. The van der Waals surface area contributed by atoms with Gasteiger partial charge in [0.25, 0.3) is 0 Å². The number of amides is 1. The summed E-state index contributed by atoms with van der Waals surface area (Å²) < 4.78 is 0. The summed E-state index contributed by atoms with van der Waals surface area (Å²) in [6, 6.07) is 14.3. The van der Waals surface area contributed by atoms with Crippen LogP contribution in [-0.4, -0.2) is 46.9 Å². The highest BCUT2D eigenvalue weighted by Crippen LogP contribution is 2.18. The first-order valence-corrected chi connectivity index (χ1v) is 9.73. The first-order chi connectivity index (χ1) is 12.8. The van der Waals surface area contributed by atoms with E-state index in [0.29, 0.717) is 0 Å². The minimum Gasteiger partial charge on any atom is -0.337 e. The zero-order valence-electron chi connectivity index (χ0n) is 14.5. The lowest BCUT2D eigenvalue weighted by molar-refractivity contribution is -0.127. The normalized spacial score (nSPS) is 15.8. The van der Waals surface area contributed by atoms with Gasteiger partial charge in [0.05, 0.1) is 5.52 Å². The fourth-order valence-corrected chi connectivity index (χ4v) is 4.02. The lowest BCUT2D eigenvalue weighted by Crippen LogP contribution is -2.47. The number of hydrogen-bond acceptors (Lipinski definition) is 4. The van der Waals surface area contributed by atoms with E-state index in [0.717, 1.165) is 49.2 Å². The Bertz CT molecular complexity index is 907. The topological polar surface area (TPSA) is 36.4 Å². The number of para-hydroxylation sites is 1. The van der Waals surface area contributed by atoms with Gasteiger partial charge < -0.3 is 4.90 Å². The number of aromatic nitrogens is 1. The van der Waals surface area contributed by atoms with E-state index in [1.807, 2.05) is 41.3 Å². The highest BCUT2D eigenvalue weighted by molar-refractivity contribution is 7.09. The van der Waals surface area contributed by atoms with E-state index >= 15 is 0 Å². The molecule has 2 aromatic heterocycles. The molecule has 4 nitrogen and oxygen atoms in total. The fourth-order valence-electron chi connectivity index (χ4n) is 3.28. The number of carbonyl (C=O) groups excluding carboxylic acids is 1. The third-order valence-corrected chi connectivity index (χ3v) is 5.57. The van der Waals surface area contributed by atoms with Gasteiger partial charge in [-0.15, -0.1) is 11.3 Å². The van der Waals surface area contributed by atoms with Crippen molar-refractivity contribution < 1.29 is 4.79 Å². The molecule has 0 spiro atoms. The van der Waals surface area contributed by atoms with Crippen LogP contribution in [0.4, 0.5) is 0 Å². The summed E-state index contributed by atoms with van der Waals surface area (Å²) in [6.07, 6.45) is 5.35. The summed E-state index contributed by atoms with van der Waals surface area (Å²) in [4.78, 5) is 22.7. The van der Waals surface area contributed by atoms with Crippen molar-refractivity contribution in [3.05, 3.63) is 70.6 Å². The van der Waals surface area contributed by atoms with Gasteiger partial charge in [-0.3, -0.25) is 14.7 Å². The number of rotatable bonds is 4. The molecule has 3 aromatic rings. The van der Waals surface area contributed by atoms with Gasteiger partial charge >= 0.3 is 0 Å². The number of nitrogens with zero attached hydrogens (tertiary/aromatic N) is 3. The highest BCUT2D eigenvalue weighted by Gasteiger charge is 2.19. The summed E-state index contributed by atoms with van der Waals surface area (Å²) in [5.74, 6) is 0.0775. The summed E-state index contributed by atoms with van der Waals surface area (Å²) in [5.41, 5.74) is 1.91. The maximum atomic E-state index is 12.5. The van der Waals surface area contributed by atoms with Crippen molar-refractivity contribution >= 4 is 34.2 Å². The molecular formula is C21H21N3OS. The molecule has 1 aliphatic heterocycles. The van der Waals surface area contributed by atoms with Crippen LogP contribution in [0, 0.1) is 0 Å². The summed E-state index contributed by atoms with van der Waals surface area (Å²) >= 11 is 1.79. The van der Waals surface area contributed by atoms with Gasteiger partial charge in [-0.05, 0) is 23.6 Å². The lowest BCUT2D eigenvalue weighted by Gasteiger charge is -2.34. The molecule has 0 bridgehead atoms. The summed E-state index contributed by atoms with van der Waals surface area (Å²) in [7, 11) is 0. The van der Waals surface area contributed by atoms with Crippen LogP contribution >= 0.6 is 11.3 Å². The number of piperazine rings is 1. The summed E-state index contributed by atoms with van der Waals surface area (Å²) in [5, 5.41) is 3.20. The van der Waals surface area contributed by atoms with Gasteiger partial charge in [0, 0.05) is 60.8 Å². The lowest BCUT2D eigenvalue weighted by atomic mass is 10.1. The van der Waals surface area contributed by atoms with Gasteiger partial charge in [-0.25, -0.2) is 0 Å². The Kier molecular flexibility index (Phi) is 5.09. The molecule has 1 aliphatic rings. The van der Waals surface area contributed by atoms with Crippen LogP contribution in [0.2, 0.25) is 0 Å². The van der Waals surface area contributed by atoms with E-state index in [9.17, 15) is 4.79 Å². The van der Waals surface area contributed by atoms with Crippen molar-refractivity contribution in [2.45, 2.75) is 6.54 Å². The second-order valence-corrected chi connectivity index (χ2v) is 7.47. The van der Waals surface area contributed by atoms with E-state index in [-0.39, 0.29) is 5.91 Å². The third-order valence-electron chi connectivity index (χ3n) is 4.71. The molecule has 1 saturated heterocycles. The maximum absolute atomic E-state index is 12.5. The molecule has 0 saturated carbocycles. The highest BCUT2D eigenvalue weighted by atomic mass is 32.1. The van der Waals surface area contributed by atoms with E-state index in [4.69, 9.17) is 0 Å². The quantitative estimate of drug-likeness (QED) is 0.664. The number of benzene rings is 1. The van der Waals surface area contributed by atoms with Gasteiger partial charge in [0.1, 0.15) is 0 Å². The predicted molar refractivity (Wildman–Crippen MR) is 107 cm³/mol. The first-order valence-electron chi connectivity index (χ1n) is 8.85. The Balaban J connectivity index is 1.37. The predicted octanol–water partition coefficient (Wildman–Crippen LogP) is 3.65. The van der Waals surface area contributed by atoms with Crippen molar-refractivity contribution in [2.75, 3.05) is 26.2 Å². The van der Waals surface area contributed by atoms with Crippen LogP contribution in [0.1, 0.15) is 10.4 Å². The van der Waals surface area contributed by atoms with Crippen LogP contribution in [0.3, 0.4) is 0 Å². The van der Waals surface area contributed by atoms with Crippen LogP contribution in [0.5, 0.6) is 0 Å². The Morgan fingerprint density at radius 3 is 2.73 bits per heavy atom. The number of thiophene rings is 1. The minimum absolute atomic E-state index is 0.0775. The first kappa shape index (κ1) is 16.9. The third kappa shape index (κ3) is 3.84. The van der Waals surface area contributed by atoms with Crippen molar-refractivity contribution in [2.24, 2.45) is 0 Å². The molecule has 0 N–H and O–H groups in total. The molecule has 0 radical (unpaired) electrons. The van der Waals surface area contributed by atoms with Crippen molar-refractivity contribution in [3.8, 4) is 0 Å². The Labute approximate surface area is 157 Å². The molecule has 1 aromatic carbocycles. The van der Waals surface area contributed by atoms with Crippen LogP contribution in [-0.2, 0) is 11.3 Å². The van der Waals surface area contributed by atoms with Gasteiger partial charge in [0.2, 0.25) is 5.91 Å². The molecule has 3 heterocycles. The monoisotopic (exact) mass is 363 g/mol. The zero-order chi connectivity index (χ0) is 17.8.